The molecule has 4 heteroatoms. The van der Waals surface area contributed by atoms with Gasteiger partial charge in [-0.05, 0) is 0 Å². The molecule has 0 aromatic carbocycles. The predicted octanol–water partition coefficient (Wildman–Crippen LogP) is 0.630. The van der Waals surface area contributed by atoms with Crippen LogP contribution in [0.25, 0.3) is 0 Å². The van der Waals surface area contributed by atoms with E-state index in [2.05, 4.69) is 9.97 Å². The summed E-state index contributed by atoms with van der Waals surface area (Å²) in [6.07, 6.45) is 2.35. The molecule has 0 aliphatic carbocycles. The van der Waals surface area contributed by atoms with Crippen LogP contribution < -0.4 is 10.5 Å². The third-order valence-electron chi connectivity index (χ3n) is 1.34. The second-order valence-electron chi connectivity index (χ2n) is 2.10. The van der Waals surface area contributed by atoms with Crippen LogP contribution >= 0.6 is 0 Å². The molecular formula is C7H11N3O. The van der Waals surface area contributed by atoms with Crippen LogP contribution in [0.1, 0.15) is 12.7 Å². The largest absolute Gasteiger partial charge is 0.479 e. The minimum atomic E-state index is 0.455. The van der Waals surface area contributed by atoms with Crippen molar-refractivity contribution in [1.29, 1.82) is 0 Å². The normalized spacial score (nSPS) is 9.64. The Labute approximate surface area is 65.4 Å². The number of nitrogens with zero attached hydrogens (tertiary/aromatic N) is 2. The van der Waals surface area contributed by atoms with Crippen LogP contribution in [0.3, 0.4) is 0 Å². The summed E-state index contributed by atoms with van der Waals surface area (Å²) in [5, 5.41) is 0. The van der Waals surface area contributed by atoms with Gasteiger partial charge in [-0.15, -0.1) is 0 Å². The number of nitrogen functional groups attached to an aromatic ring is 1. The number of methoxy groups -OCH3 is 1. The third kappa shape index (κ3) is 1.58. The molecule has 0 fully saturated rings. The summed E-state index contributed by atoms with van der Waals surface area (Å²) in [6.45, 7) is 1.98. The highest BCUT2D eigenvalue weighted by molar-refractivity contribution is 5.45. The highest BCUT2D eigenvalue weighted by Gasteiger charge is 2.01. The summed E-state index contributed by atoms with van der Waals surface area (Å²) < 4.78 is 4.91. The molecule has 0 spiro atoms. The van der Waals surface area contributed by atoms with Crippen molar-refractivity contribution < 1.29 is 4.74 Å². The first-order valence-corrected chi connectivity index (χ1v) is 3.43. The number of aryl methyl sites for hydroxylation is 1. The summed E-state index contributed by atoms with van der Waals surface area (Å²) in [7, 11) is 1.54. The van der Waals surface area contributed by atoms with Gasteiger partial charge >= 0.3 is 0 Å². The molecule has 4 nitrogen and oxygen atoms in total. The molecule has 1 aromatic rings. The van der Waals surface area contributed by atoms with E-state index in [-0.39, 0.29) is 0 Å². The van der Waals surface area contributed by atoms with E-state index in [4.69, 9.17) is 10.5 Å². The van der Waals surface area contributed by atoms with E-state index in [0.29, 0.717) is 11.6 Å². The van der Waals surface area contributed by atoms with E-state index in [1.165, 1.54) is 7.11 Å². The molecule has 1 rings (SSSR count). The van der Waals surface area contributed by atoms with Gasteiger partial charge in [-0.2, -0.15) is 4.98 Å². The van der Waals surface area contributed by atoms with Crippen LogP contribution in [0.15, 0.2) is 6.20 Å². The maximum Gasteiger partial charge on any atom is 0.240 e. The summed E-state index contributed by atoms with van der Waals surface area (Å²) >= 11 is 0. The molecule has 0 aliphatic heterocycles. The highest BCUT2D eigenvalue weighted by atomic mass is 16.5. The average Bonchev–Trinajstić information content (AvgIpc) is 2.05. The van der Waals surface area contributed by atoms with E-state index in [1.807, 2.05) is 6.92 Å². The van der Waals surface area contributed by atoms with Crippen molar-refractivity contribution in [3.05, 3.63) is 12.0 Å². The molecule has 0 unspecified atom stereocenters. The number of rotatable bonds is 2. The topological polar surface area (TPSA) is 61.0 Å². The number of hydrogen-bond donors (Lipinski definition) is 1. The Balaban J connectivity index is 3.02. The lowest BCUT2D eigenvalue weighted by molar-refractivity contribution is 0.397. The molecule has 0 aliphatic rings. The quantitative estimate of drug-likeness (QED) is 0.677. The Morgan fingerprint density at radius 3 is 2.91 bits per heavy atom. The Hall–Kier alpha value is -1.32. The monoisotopic (exact) mass is 153 g/mol. The van der Waals surface area contributed by atoms with Crippen LogP contribution in [0.5, 0.6) is 5.88 Å². The van der Waals surface area contributed by atoms with E-state index in [0.717, 1.165) is 12.2 Å². The fraction of sp³-hybridized carbons (Fsp3) is 0.429. The van der Waals surface area contributed by atoms with Gasteiger partial charge < -0.3 is 10.5 Å². The molecule has 60 valence electrons. The lowest BCUT2D eigenvalue weighted by Crippen LogP contribution is -2.00. The molecule has 1 aromatic heterocycles. The SMILES string of the molecule is CCc1ncc(N)c(OC)n1. The van der Waals surface area contributed by atoms with Crippen molar-refractivity contribution in [3.63, 3.8) is 0 Å². The summed E-state index contributed by atoms with van der Waals surface area (Å²) in [6, 6.07) is 0. The molecule has 1 heterocycles. The van der Waals surface area contributed by atoms with Crippen molar-refractivity contribution in [3.8, 4) is 5.88 Å². The van der Waals surface area contributed by atoms with Gasteiger partial charge in [0.25, 0.3) is 0 Å². The standard InChI is InChI=1S/C7H11N3O/c1-3-6-9-4-5(8)7(10-6)11-2/h4H,3,8H2,1-2H3. The first-order valence-electron chi connectivity index (χ1n) is 3.43. The fourth-order valence-corrected chi connectivity index (χ4v) is 0.744. The number of anilines is 1. The lowest BCUT2D eigenvalue weighted by atomic mass is 10.4. The maximum atomic E-state index is 5.50. The number of ether oxygens (including phenoxy) is 1. The Kier molecular flexibility index (Phi) is 2.25. The Morgan fingerprint density at radius 1 is 1.64 bits per heavy atom. The summed E-state index contributed by atoms with van der Waals surface area (Å²) in [4.78, 5) is 8.04. The molecule has 2 N–H and O–H groups in total. The first-order chi connectivity index (χ1) is 5.27. The minimum Gasteiger partial charge on any atom is -0.479 e. The highest BCUT2D eigenvalue weighted by Crippen LogP contribution is 2.15. The van der Waals surface area contributed by atoms with Crippen LogP contribution in [0.4, 0.5) is 5.69 Å². The van der Waals surface area contributed by atoms with Gasteiger partial charge in [0.15, 0.2) is 0 Å². The van der Waals surface area contributed by atoms with Crippen LogP contribution in [-0.4, -0.2) is 17.1 Å². The van der Waals surface area contributed by atoms with Gasteiger partial charge in [0, 0.05) is 6.42 Å². The molecule has 0 atom stereocenters. The zero-order chi connectivity index (χ0) is 8.27. The molecule has 11 heavy (non-hydrogen) atoms. The molecule has 0 radical (unpaired) electrons. The van der Waals surface area contributed by atoms with Crippen molar-refractivity contribution in [2.45, 2.75) is 13.3 Å². The fourth-order valence-electron chi connectivity index (χ4n) is 0.744. The van der Waals surface area contributed by atoms with E-state index in [9.17, 15) is 0 Å². The maximum absolute atomic E-state index is 5.50. The Morgan fingerprint density at radius 2 is 2.36 bits per heavy atom. The lowest BCUT2D eigenvalue weighted by Gasteiger charge is -2.02. The number of aromatic nitrogens is 2. The zero-order valence-corrected chi connectivity index (χ0v) is 6.66. The van der Waals surface area contributed by atoms with E-state index in [1.54, 1.807) is 6.20 Å². The van der Waals surface area contributed by atoms with E-state index < -0.39 is 0 Å². The van der Waals surface area contributed by atoms with Gasteiger partial charge in [0.05, 0.1) is 13.3 Å². The molecular weight excluding hydrogens is 142 g/mol. The summed E-state index contributed by atoms with van der Waals surface area (Å²) in [5.41, 5.74) is 5.98. The average molecular weight is 153 g/mol. The van der Waals surface area contributed by atoms with Crippen molar-refractivity contribution >= 4 is 5.69 Å². The van der Waals surface area contributed by atoms with Crippen LogP contribution in [0.2, 0.25) is 0 Å². The smallest absolute Gasteiger partial charge is 0.240 e. The van der Waals surface area contributed by atoms with Crippen LogP contribution in [-0.2, 0) is 6.42 Å². The summed E-state index contributed by atoms with van der Waals surface area (Å²) in [5.74, 6) is 1.20. The van der Waals surface area contributed by atoms with Crippen molar-refractivity contribution in [1.82, 2.24) is 9.97 Å². The first kappa shape index (κ1) is 7.78. The number of hydrogen-bond acceptors (Lipinski definition) is 4. The van der Waals surface area contributed by atoms with E-state index >= 15 is 0 Å². The van der Waals surface area contributed by atoms with Crippen LogP contribution in [0, 0.1) is 0 Å². The zero-order valence-electron chi connectivity index (χ0n) is 6.66. The second kappa shape index (κ2) is 3.18. The minimum absolute atomic E-state index is 0.455. The third-order valence-corrected chi connectivity index (χ3v) is 1.34. The van der Waals surface area contributed by atoms with Gasteiger partial charge in [0.1, 0.15) is 11.5 Å². The molecule has 0 saturated heterocycles. The van der Waals surface area contributed by atoms with Gasteiger partial charge in [-0.1, -0.05) is 6.92 Å². The Bertz CT molecular complexity index is 249. The van der Waals surface area contributed by atoms with Gasteiger partial charge in [-0.3, -0.25) is 0 Å². The van der Waals surface area contributed by atoms with Gasteiger partial charge in [0.2, 0.25) is 5.88 Å². The van der Waals surface area contributed by atoms with Crippen molar-refractivity contribution in [2.24, 2.45) is 0 Å². The predicted molar refractivity (Wildman–Crippen MR) is 42.4 cm³/mol. The van der Waals surface area contributed by atoms with Crippen molar-refractivity contribution in [2.75, 3.05) is 12.8 Å². The molecule has 0 amide bonds. The second-order valence-corrected chi connectivity index (χ2v) is 2.10. The molecule has 0 saturated carbocycles. The number of nitrogens with two attached hydrogens (primary N) is 1. The van der Waals surface area contributed by atoms with Gasteiger partial charge in [-0.25, -0.2) is 4.98 Å². The molecule has 0 bridgehead atoms.